The van der Waals surface area contributed by atoms with Crippen molar-refractivity contribution in [2.45, 2.75) is 6.54 Å². The SMILES string of the molecule is COc1ccc(CNCCOCC(N)=O)cc1Br. The molecule has 1 rings (SSSR count). The molecule has 0 unspecified atom stereocenters. The first kappa shape index (κ1) is 14.9. The van der Waals surface area contributed by atoms with Crippen LogP contribution in [0.25, 0.3) is 0 Å². The summed E-state index contributed by atoms with van der Waals surface area (Å²) in [6, 6.07) is 5.89. The van der Waals surface area contributed by atoms with Gasteiger partial charge in [-0.15, -0.1) is 0 Å². The van der Waals surface area contributed by atoms with Crippen LogP contribution in [0.2, 0.25) is 0 Å². The molecular weight excluding hydrogens is 300 g/mol. The van der Waals surface area contributed by atoms with Gasteiger partial charge in [-0.25, -0.2) is 0 Å². The summed E-state index contributed by atoms with van der Waals surface area (Å²) in [5, 5.41) is 3.20. The number of hydrogen-bond donors (Lipinski definition) is 2. The third-order valence-electron chi connectivity index (χ3n) is 2.21. The van der Waals surface area contributed by atoms with Crippen LogP contribution in [0.5, 0.6) is 5.75 Å². The number of primary amides is 1. The lowest BCUT2D eigenvalue weighted by molar-refractivity contribution is -0.122. The highest BCUT2D eigenvalue weighted by atomic mass is 79.9. The van der Waals surface area contributed by atoms with Crippen molar-refractivity contribution in [3.05, 3.63) is 28.2 Å². The maximum atomic E-state index is 10.4. The molecule has 5 nitrogen and oxygen atoms in total. The number of carbonyl (C=O) groups excluding carboxylic acids is 1. The van der Waals surface area contributed by atoms with Gasteiger partial charge in [-0.2, -0.15) is 0 Å². The average molecular weight is 317 g/mol. The molecule has 1 aromatic rings. The fraction of sp³-hybridized carbons (Fsp3) is 0.417. The van der Waals surface area contributed by atoms with E-state index in [4.69, 9.17) is 15.2 Å². The zero-order valence-electron chi connectivity index (χ0n) is 10.2. The standard InChI is InChI=1S/C12H17BrN2O3/c1-17-11-3-2-9(6-10(11)13)7-15-4-5-18-8-12(14)16/h2-3,6,15H,4-5,7-8H2,1H3,(H2,14,16). The molecule has 0 heterocycles. The first-order valence-electron chi connectivity index (χ1n) is 5.52. The second kappa shape index (κ2) is 8.07. The molecule has 0 spiro atoms. The van der Waals surface area contributed by atoms with Gasteiger partial charge in [-0.1, -0.05) is 6.07 Å². The predicted molar refractivity (Wildman–Crippen MR) is 72.4 cm³/mol. The fourth-order valence-corrected chi connectivity index (χ4v) is 1.96. The second-order valence-electron chi connectivity index (χ2n) is 3.66. The van der Waals surface area contributed by atoms with E-state index in [-0.39, 0.29) is 6.61 Å². The second-order valence-corrected chi connectivity index (χ2v) is 4.52. The Kier molecular flexibility index (Phi) is 6.70. The van der Waals surface area contributed by atoms with Crippen molar-refractivity contribution in [1.82, 2.24) is 5.32 Å². The molecule has 0 saturated carbocycles. The van der Waals surface area contributed by atoms with Gasteiger partial charge in [0.1, 0.15) is 12.4 Å². The highest BCUT2D eigenvalue weighted by molar-refractivity contribution is 9.10. The van der Waals surface area contributed by atoms with Crippen molar-refractivity contribution in [2.75, 3.05) is 26.9 Å². The van der Waals surface area contributed by atoms with Crippen LogP contribution in [0.3, 0.4) is 0 Å². The fourth-order valence-electron chi connectivity index (χ4n) is 1.37. The topological polar surface area (TPSA) is 73.6 Å². The number of amides is 1. The zero-order chi connectivity index (χ0) is 13.4. The minimum atomic E-state index is -0.450. The van der Waals surface area contributed by atoms with Gasteiger partial charge in [0.25, 0.3) is 0 Å². The number of hydrogen-bond acceptors (Lipinski definition) is 4. The van der Waals surface area contributed by atoms with Crippen molar-refractivity contribution in [3.8, 4) is 5.75 Å². The van der Waals surface area contributed by atoms with Gasteiger partial charge in [-0.3, -0.25) is 4.79 Å². The Hall–Kier alpha value is -1.11. The lowest BCUT2D eigenvalue weighted by atomic mass is 10.2. The molecule has 0 aliphatic carbocycles. The number of ether oxygens (including phenoxy) is 2. The van der Waals surface area contributed by atoms with Gasteiger partial charge < -0.3 is 20.5 Å². The maximum absolute atomic E-state index is 10.4. The monoisotopic (exact) mass is 316 g/mol. The third-order valence-corrected chi connectivity index (χ3v) is 2.83. The van der Waals surface area contributed by atoms with Crippen LogP contribution in [0, 0.1) is 0 Å². The molecule has 6 heteroatoms. The molecule has 0 aliphatic rings. The van der Waals surface area contributed by atoms with Crippen LogP contribution < -0.4 is 15.8 Å². The van der Waals surface area contributed by atoms with Crippen LogP contribution in [0.1, 0.15) is 5.56 Å². The van der Waals surface area contributed by atoms with Gasteiger partial charge in [0.15, 0.2) is 0 Å². The summed E-state index contributed by atoms with van der Waals surface area (Å²) in [4.78, 5) is 10.4. The number of nitrogens with two attached hydrogens (primary N) is 1. The van der Waals surface area contributed by atoms with Crippen molar-refractivity contribution in [2.24, 2.45) is 5.73 Å². The number of rotatable bonds is 8. The van der Waals surface area contributed by atoms with E-state index in [1.165, 1.54) is 0 Å². The first-order chi connectivity index (χ1) is 8.63. The van der Waals surface area contributed by atoms with E-state index in [0.717, 1.165) is 22.3 Å². The van der Waals surface area contributed by atoms with Crippen LogP contribution >= 0.6 is 15.9 Å². The first-order valence-corrected chi connectivity index (χ1v) is 6.32. The van der Waals surface area contributed by atoms with E-state index in [9.17, 15) is 4.79 Å². The number of halogens is 1. The molecule has 0 radical (unpaired) electrons. The van der Waals surface area contributed by atoms with Gasteiger partial charge in [0.2, 0.25) is 5.91 Å². The highest BCUT2D eigenvalue weighted by Gasteiger charge is 2.01. The average Bonchev–Trinajstić information content (AvgIpc) is 2.33. The Balaban J connectivity index is 2.23. The summed E-state index contributed by atoms with van der Waals surface area (Å²) in [6.07, 6.45) is 0. The molecule has 0 aromatic heterocycles. The van der Waals surface area contributed by atoms with Crippen LogP contribution in [0.4, 0.5) is 0 Å². The lowest BCUT2D eigenvalue weighted by Gasteiger charge is -2.08. The molecule has 0 atom stereocenters. The lowest BCUT2D eigenvalue weighted by Crippen LogP contribution is -2.23. The third kappa shape index (κ3) is 5.48. The van der Waals surface area contributed by atoms with Crippen molar-refractivity contribution in [3.63, 3.8) is 0 Å². The Morgan fingerprint density at radius 3 is 2.89 bits per heavy atom. The maximum Gasteiger partial charge on any atom is 0.243 e. The Bertz CT molecular complexity index is 399. The zero-order valence-corrected chi connectivity index (χ0v) is 11.8. The number of nitrogens with one attached hydrogen (secondary N) is 1. The highest BCUT2D eigenvalue weighted by Crippen LogP contribution is 2.25. The van der Waals surface area contributed by atoms with Crippen molar-refractivity contribution in [1.29, 1.82) is 0 Å². The molecule has 3 N–H and O–H groups in total. The van der Waals surface area contributed by atoms with Gasteiger partial charge in [0, 0.05) is 13.1 Å². The van der Waals surface area contributed by atoms with E-state index in [1.807, 2.05) is 18.2 Å². The molecule has 1 aromatic carbocycles. The molecule has 0 bridgehead atoms. The number of methoxy groups -OCH3 is 1. The van der Waals surface area contributed by atoms with E-state index >= 15 is 0 Å². The predicted octanol–water partition coefficient (Wildman–Crippen LogP) is 1.05. The summed E-state index contributed by atoms with van der Waals surface area (Å²) in [5.41, 5.74) is 6.08. The Labute approximate surface area is 115 Å². The van der Waals surface area contributed by atoms with Crippen molar-refractivity contribution < 1.29 is 14.3 Å². The molecule has 18 heavy (non-hydrogen) atoms. The van der Waals surface area contributed by atoms with Gasteiger partial charge >= 0.3 is 0 Å². The molecular formula is C12H17BrN2O3. The summed E-state index contributed by atoms with van der Waals surface area (Å²) < 4.78 is 11.1. The minimum Gasteiger partial charge on any atom is -0.496 e. The largest absolute Gasteiger partial charge is 0.496 e. The summed E-state index contributed by atoms with van der Waals surface area (Å²) >= 11 is 3.43. The summed E-state index contributed by atoms with van der Waals surface area (Å²) in [7, 11) is 1.63. The van der Waals surface area contributed by atoms with Gasteiger partial charge in [0.05, 0.1) is 18.2 Å². The molecule has 1 amide bonds. The number of carbonyl (C=O) groups is 1. The van der Waals surface area contributed by atoms with E-state index in [0.29, 0.717) is 13.2 Å². The minimum absolute atomic E-state index is 0.0320. The summed E-state index contributed by atoms with van der Waals surface area (Å²) in [6.45, 7) is 1.81. The summed E-state index contributed by atoms with van der Waals surface area (Å²) in [5.74, 6) is 0.359. The Morgan fingerprint density at radius 1 is 1.50 bits per heavy atom. The van der Waals surface area contributed by atoms with Crippen LogP contribution in [-0.4, -0.2) is 32.8 Å². The molecule has 100 valence electrons. The van der Waals surface area contributed by atoms with E-state index in [2.05, 4.69) is 21.2 Å². The Morgan fingerprint density at radius 2 is 2.28 bits per heavy atom. The molecule has 0 fully saturated rings. The van der Waals surface area contributed by atoms with Gasteiger partial charge in [-0.05, 0) is 33.6 Å². The molecule has 0 saturated heterocycles. The smallest absolute Gasteiger partial charge is 0.243 e. The van der Waals surface area contributed by atoms with E-state index < -0.39 is 5.91 Å². The molecule has 0 aliphatic heterocycles. The normalized spacial score (nSPS) is 10.3. The van der Waals surface area contributed by atoms with Crippen molar-refractivity contribution >= 4 is 21.8 Å². The van der Waals surface area contributed by atoms with Crippen LogP contribution in [-0.2, 0) is 16.1 Å². The quantitative estimate of drug-likeness (QED) is 0.703. The van der Waals surface area contributed by atoms with Crippen LogP contribution in [0.15, 0.2) is 22.7 Å². The van der Waals surface area contributed by atoms with E-state index in [1.54, 1.807) is 7.11 Å². The number of benzene rings is 1.